The van der Waals surface area contributed by atoms with Gasteiger partial charge < -0.3 is 9.64 Å². The zero-order valence-corrected chi connectivity index (χ0v) is 11.2. The number of rotatable bonds is 5. The lowest BCUT2D eigenvalue weighted by Gasteiger charge is -2.16. The minimum Gasteiger partial charge on any atom is -0.385 e. The summed E-state index contributed by atoms with van der Waals surface area (Å²) in [5.74, 6) is -2.07. The minimum atomic E-state index is -0.744. The topological polar surface area (TPSA) is 46.6 Å². The van der Waals surface area contributed by atoms with E-state index in [1.165, 1.54) is 6.07 Å². The van der Waals surface area contributed by atoms with Gasteiger partial charge in [-0.1, -0.05) is 11.6 Å². The van der Waals surface area contributed by atoms with Crippen molar-refractivity contribution in [2.75, 3.05) is 25.2 Å². The van der Waals surface area contributed by atoms with Crippen molar-refractivity contribution < 1.29 is 18.7 Å². The summed E-state index contributed by atoms with van der Waals surface area (Å²) < 4.78 is 18.7. The lowest BCUT2D eigenvalue weighted by Crippen LogP contribution is -2.31. The van der Waals surface area contributed by atoms with Crippen LogP contribution in [0.5, 0.6) is 0 Å². The van der Waals surface area contributed by atoms with Gasteiger partial charge in [-0.2, -0.15) is 0 Å². The van der Waals surface area contributed by atoms with E-state index in [0.717, 1.165) is 17.4 Å². The quantitative estimate of drug-likeness (QED) is 0.617. The smallest absolute Gasteiger partial charge is 0.299 e. The summed E-state index contributed by atoms with van der Waals surface area (Å²) in [5.41, 5.74) is -0.0293. The maximum absolute atomic E-state index is 13.8. The first-order chi connectivity index (χ1) is 9.07. The van der Waals surface area contributed by atoms with Crippen LogP contribution in [0.15, 0.2) is 12.1 Å². The van der Waals surface area contributed by atoms with Crippen molar-refractivity contribution in [3.05, 3.63) is 28.5 Å². The molecule has 0 atom stereocenters. The Morgan fingerprint density at radius 3 is 2.74 bits per heavy atom. The third-order valence-corrected chi connectivity index (χ3v) is 3.31. The lowest BCUT2D eigenvalue weighted by atomic mass is 10.1. The van der Waals surface area contributed by atoms with Gasteiger partial charge in [0.15, 0.2) is 0 Å². The van der Waals surface area contributed by atoms with Crippen LogP contribution >= 0.6 is 11.6 Å². The Bertz CT molecular complexity index is 533. The van der Waals surface area contributed by atoms with Gasteiger partial charge in [0, 0.05) is 20.3 Å². The first-order valence-electron chi connectivity index (χ1n) is 5.91. The van der Waals surface area contributed by atoms with Gasteiger partial charge in [0.1, 0.15) is 5.82 Å². The van der Waals surface area contributed by atoms with E-state index in [2.05, 4.69) is 0 Å². The Hall–Kier alpha value is -1.46. The third kappa shape index (κ3) is 2.48. The van der Waals surface area contributed by atoms with E-state index in [9.17, 15) is 14.0 Å². The molecule has 0 unspecified atom stereocenters. The van der Waals surface area contributed by atoms with E-state index in [-0.39, 0.29) is 22.8 Å². The Balaban J connectivity index is 2.26. The summed E-state index contributed by atoms with van der Waals surface area (Å²) in [5, 5.41) is 0.106. The number of Topliss-reactive ketones (excluding diaryl/α,β-unsaturated/α-hetero) is 1. The molecule has 0 aliphatic carbocycles. The monoisotopic (exact) mass is 285 g/mol. The number of fused-ring (bicyclic) bond motifs is 1. The summed E-state index contributed by atoms with van der Waals surface area (Å²) >= 11 is 5.86. The highest BCUT2D eigenvalue weighted by molar-refractivity contribution is 6.55. The minimum absolute atomic E-state index is 0.0000770. The van der Waals surface area contributed by atoms with Gasteiger partial charge in [0.2, 0.25) is 0 Å². The lowest BCUT2D eigenvalue weighted by molar-refractivity contribution is -0.114. The van der Waals surface area contributed by atoms with Crippen molar-refractivity contribution in [1.82, 2.24) is 0 Å². The Kier molecular flexibility index (Phi) is 4.17. The Labute approximate surface area is 115 Å². The molecule has 0 N–H and O–H groups in total. The number of halogens is 2. The van der Waals surface area contributed by atoms with Crippen molar-refractivity contribution in [2.45, 2.75) is 12.8 Å². The average Bonchev–Trinajstić information content (AvgIpc) is 2.65. The molecule has 0 bridgehead atoms. The molecule has 1 aromatic carbocycles. The SMILES string of the molecule is COCCCCN1C(=O)C(=O)c2c(Cl)ccc(F)c21. The van der Waals surface area contributed by atoms with Gasteiger partial charge in [0.25, 0.3) is 11.7 Å². The zero-order chi connectivity index (χ0) is 14.0. The van der Waals surface area contributed by atoms with Crippen LogP contribution in [0.4, 0.5) is 10.1 Å². The van der Waals surface area contributed by atoms with E-state index in [1.807, 2.05) is 0 Å². The van der Waals surface area contributed by atoms with Gasteiger partial charge in [-0.05, 0) is 25.0 Å². The molecule has 2 rings (SSSR count). The second-order valence-corrected chi connectivity index (χ2v) is 4.65. The van der Waals surface area contributed by atoms with Gasteiger partial charge >= 0.3 is 0 Å². The van der Waals surface area contributed by atoms with Crippen molar-refractivity contribution in [2.24, 2.45) is 0 Å². The number of carbonyl (C=O) groups excluding carboxylic acids is 2. The van der Waals surface area contributed by atoms with Crippen LogP contribution in [0.3, 0.4) is 0 Å². The number of hydrogen-bond acceptors (Lipinski definition) is 3. The molecule has 0 spiro atoms. The van der Waals surface area contributed by atoms with Gasteiger partial charge in [-0.15, -0.1) is 0 Å². The molecule has 102 valence electrons. The number of benzene rings is 1. The number of ketones is 1. The standard InChI is InChI=1S/C13H13ClFNO3/c1-19-7-3-2-6-16-11-9(15)5-4-8(14)10(11)12(17)13(16)18/h4-5H,2-3,6-7H2,1H3. The molecule has 0 radical (unpaired) electrons. The Morgan fingerprint density at radius 1 is 1.32 bits per heavy atom. The first kappa shape index (κ1) is 14.0. The molecular weight excluding hydrogens is 273 g/mol. The molecule has 1 aliphatic heterocycles. The second kappa shape index (κ2) is 5.67. The number of ether oxygens (including phenoxy) is 1. The third-order valence-electron chi connectivity index (χ3n) is 2.99. The summed E-state index contributed by atoms with van der Waals surface area (Å²) in [4.78, 5) is 24.8. The fraction of sp³-hybridized carbons (Fsp3) is 0.385. The summed E-state index contributed by atoms with van der Waals surface area (Å²) in [6.45, 7) is 0.832. The number of hydrogen-bond donors (Lipinski definition) is 0. The van der Waals surface area contributed by atoms with Crippen molar-refractivity contribution in [1.29, 1.82) is 0 Å². The van der Waals surface area contributed by atoms with Crippen LogP contribution in [-0.2, 0) is 9.53 Å². The fourth-order valence-corrected chi connectivity index (χ4v) is 2.32. The molecule has 6 heteroatoms. The highest BCUT2D eigenvalue weighted by atomic mass is 35.5. The zero-order valence-electron chi connectivity index (χ0n) is 10.4. The molecule has 0 saturated carbocycles. The molecule has 0 saturated heterocycles. The highest BCUT2D eigenvalue weighted by Gasteiger charge is 2.39. The predicted molar refractivity (Wildman–Crippen MR) is 69.2 cm³/mol. The van der Waals surface area contributed by atoms with Crippen LogP contribution in [0.2, 0.25) is 5.02 Å². The van der Waals surface area contributed by atoms with Gasteiger partial charge in [-0.25, -0.2) is 4.39 Å². The van der Waals surface area contributed by atoms with E-state index < -0.39 is 17.5 Å². The van der Waals surface area contributed by atoms with Crippen LogP contribution in [-0.4, -0.2) is 32.0 Å². The number of carbonyl (C=O) groups is 2. The number of methoxy groups -OCH3 is 1. The molecular formula is C13H13ClFNO3. The maximum Gasteiger partial charge on any atom is 0.299 e. The van der Waals surface area contributed by atoms with E-state index in [4.69, 9.17) is 16.3 Å². The molecule has 0 fully saturated rings. The first-order valence-corrected chi connectivity index (χ1v) is 6.29. The van der Waals surface area contributed by atoms with E-state index in [0.29, 0.717) is 13.0 Å². The molecule has 0 aromatic heterocycles. The normalized spacial score (nSPS) is 14.2. The fourth-order valence-electron chi connectivity index (χ4n) is 2.08. The second-order valence-electron chi connectivity index (χ2n) is 4.24. The summed E-state index contributed by atoms with van der Waals surface area (Å²) in [6.07, 6.45) is 1.35. The molecule has 19 heavy (non-hydrogen) atoms. The van der Waals surface area contributed by atoms with Crippen LogP contribution in [0.1, 0.15) is 23.2 Å². The molecule has 1 amide bonds. The number of unbranched alkanes of at least 4 members (excludes halogenated alkanes) is 1. The van der Waals surface area contributed by atoms with Crippen LogP contribution in [0, 0.1) is 5.82 Å². The number of anilines is 1. The largest absolute Gasteiger partial charge is 0.385 e. The molecule has 4 nitrogen and oxygen atoms in total. The van der Waals surface area contributed by atoms with Gasteiger partial charge in [-0.3, -0.25) is 9.59 Å². The Morgan fingerprint density at radius 2 is 2.05 bits per heavy atom. The van der Waals surface area contributed by atoms with E-state index >= 15 is 0 Å². The van der Waals surface area contributed by atoms with Crippen molar-refractivity contribution in [3.8, 4) is 0 Å². The maximum atomic E-state index is 13.8. The highest BCUT2D eigenvalue weighted by Crippen LogP contribution is 2.36. The van der Waals surface area contributed by atoms with Crippen LogP contribution < -0.4 is 4.90 Å². The number of amides is 1. The summed E-state index contributed by atoms with van der Waals surface area (Å²) in [7, 11) is 1.58. The van der Waals surface area contributed by atoms with Crippen molar-refractivity contribution >= 4 is 29.0 Å². The van der Waals surface area contributed by atoms with Crippen molar-refractivity contribution in [3.63, 3.8) is 0 Å². The van der Waals surface area contributed by atoms with Crippen LogP contribution in [0.25, 0.3) is 0 Å². The molecule has 1 heterocycles. The van der Waals surface area contributed by atoms with E-state index in [1.54, 1.807) is 7.11 Å². The number of nitrogens with zero attached hydrogens (tertiary/aromatic N) is 1. The average molecular weight is 286 g/mol. The summed E-state index contributed by atoms with van der Waals surface area (Å²) in [6, 6.07) is 2.45. The molecule has 1 aromatic rings. The van der Waals surface area contributed by atoms with Gasteiger partial charge in [0.05, 0.1) is 16.3 Å². The predicted octanol–water partition coefficient (Wildman–Crippen LogP) is 2.44. The molecule has 1 aliphatic rings.